The molecule has 0 atom stereocenters. The summed E-state index contributed by atoms with van der Waals surface area (Å²) in [5.74, 6) is 0.0176. The van der Waals surface area contributed by atoms with Crippen LogP contribution in [0.1, 0.15) is 12.5 Å². The number of hydrogen-bond acceptors (Lipinski definition) is 4. The third-order valence-electron chi connectivity index (χ3n) is 1.74. The molecular formula is C9H11NO4. The molecule has 0 aliphatic rings. The lowest BCUT2D eigenvalue weighted by molar-refractivity contribution is -0.385. The Morgan fingerprint density at radius 1 is 1.57 bits per heavy atom. The van der Waals surface area contributed by atoms with Crippen LogP contribution in [0, 0.1) is 10.1 Å². The molecule has 0 spiro atoms. The number of phenols is 1. The lowest BCUT2D eigenvalue weighted by atomic mass is 10.2. The lowest BCUT2D eigenvalue weighted by Gasteiger charge is -2.03. The molecule has 0 aliphatic carbocycles. The van der Waals surface area contributed by atoms with E-state index in [9.17, 15) is 15.2 Å². The lowest BCUT2D eigenvalue weighted by Crippen LogP contribution is -1.94. The highest BCUT2D eigenvalue weighted by molar-refractivity contribution is 5.42. The average Bonchev–Trinajstić information content (AvgIpc) is 2.16. The molecule has 1 aromatic rings. The minimum absolute atomic E-state index is 0.0176. The maximum atomic E-state index is 10.4. The van der Waals surface area contributed by atoms with Crippen LogP contribution in [0.2, 0.25) is 0 Å². The maximum Gasteiger partial charge on any atom is 0.270 e. The van der Waals surface area contributed by atoms with Crippen molar-refractivity contribution >= 4 is 5.69 Å². The smallest absolute Gasteiger partial charge is 0.270 e. The molecule has 5 heteroatoms. The van der Waals surface area contributed by atoms with E-state index in [1.165, 1.54) is 18.2 Å². The van der Waals surface area contributed by atoms with E-state index in [0.717, 1.165) is 0 Å². The van der Waals surface area contributed by atoms with Gasteiger partial charge in [-0.25, -0.2) is 0 Å². The van der Waals surface area contributed by atoms with E-state index in [0.29, 0.717) is 12.2 Å². The number of ether oxygens (including phenoxy) is 1. The topological polar surface area (TPSA) is 72.6 Å². The van der Waals surface area contributed by atoms with Crippen LogP contribution in [-0.2, 0) is 11.3 Å². The minimum Gasteiger partial charge on any atom is -0.508 e. The fourth-order valence-electron chi connectivity index (χ4n) is 1.01. The van der Waals surface area contributed by atoms with Gasteiger partial charge in [0, 0.05) is 24.3 Å². The third-order valence-corrected chi connectivity index (χ3v) is 1.74. The van der Waals surface area contributed by atoms with E-state index in [-0.39, 0.29) is 18.0 Å². The number of benzene rings is 1. The molecule has 1 rings (SSSR count). The Labute approximate surface area is 81.1 Å². The average molecular weight is 197 g/mol. The number of nitro groups is 1. The van der Waals surface area contributed by atoms with E-state index in [4.69, 9.17) is 4.74 Å². The summed E-state index contributed by atoms with van der Waals surface area (Å²) in [5.41, 5.74) is 0.388. The van der Waals surface area contributed by atoms with Gasteiger partial charge in [0.05, 0.1) is 11.5 Å². The molecule has 0 bridgehead atoms. The number of non-ortho nitro benzene ring substituents is 1. The maximum absolute atomic E-state index is 10.4. The van der Waals surface area contributed by atoms with Crippen LogP contribution in [0.3, 0.4) is 0 Å². The third kappa shape index (κ3) is 2.43. The monoisotopic (exact) mass is 197 g/mol. The van der Waals surface area contributed by atoms with Gasteiger partial charge in [0.25, 0.3) is 5.69 Å². The summed E-state index contributed by atoms with van der Waals surface area (Å²) in [6.45, 7) is 2.50. The Kier molecular flexibility index (Phi) is 3.41. The predicted molar refractivity (Wildman–Crippen MR) is 50.1 cm³/mol. The second-order valence-electron chi connectivity index (χ2n) is 2.71. The van der Waals surface area contributed by atoms with Crippen LogP contribution in [0.4, 0.5) is 5.69 Å². The van der Waals surface area contributed by atoms with Crippen molar-refractivity contribution in [1.82, 2.24) is 0 Å². The van der Waals surface area contributed by atoms with Gasteiger partial charge in [-0.1, -0.05) is 0 Å². The molecular weight excluding hydrogens is 186 g/mol. The molecule has 0 aliphatic heterocycles. The second kappa shape index (κ2) is 4.57. The first kappa shape index (κ1) is 10.5. The molecule has 14 heavy (non-hydrogen) atoms. The Hall–Kier alpha value is -1.62. The first-order valence-corrected chi connectivity index (χ1v) is 4.19. The van der Waals surface area contributed by atoms with Gasteiger partial charge in [-0.2, -0.15) is 0 Å². The Bertz CT molecular complexity index is 338. The van der Waals surface area contributed by atoms with Gasteiger partial charge in [-0.3, -0.25) is 10.1 Å². The highest BCUT2D eigenvalue weighted by atomic mass is 16.6. The molecule has 1 N–H and O–H groups in total. The van der Waals surface area contributed by atoms with Crippen molar-refractivity contribution in [2.45, 2.75) is 13.5 Å². The Balaban J connectivity index is 2.90. The van der Waals surface area contributed by atoms with Crippen molar-refractivity contribution in [1.29, 1.82) is 0 Å². The van der Waals surface area contributed by atoms with E-state index in [1.807, 2.05) is 6.92 Å². The summed E-state index contributed by atoms with van der Waals surface area (Å²) in [6, 6.07) is 3.86. The number of nitro benzene ring substituents is 1. The fraction of sp³-hybridized carbons (Fsp3) is 0.333. The first-order valence-electron chi connectivity index (χ1n) is 4.19. The number of rotatable bonds is 4. The van der Waals surface area contributed by atoms with Gasteiger partial charge < -0.3 is 9.84 Å². The number of hydrogen-bond donors (Lipinski definition) is 1. The molecule has 76 valence electrons. The summed E-state index contributed by atoms with van der Waals surface area (Å²) < 4.78 is 5.05. The Morgan fingerprint density at radius 3 is 2.86 bits per heavy atom. The molecule has 0 heterocycles. The number of aromatic hydroxyl groups is 1. The van der Waals surface area contributed by atoms with Crippen molar-refractivity contribution in [2.24, 2.45) is 0 Å². The summed E-state index contributed by atoms with van der Waals surface area (Å²) >= 11 is 0. The van der Waals surface area contributed by atoms with Gasteiger partial charge >= 0.3 is 0 Å². The zero-order chi connectivity index (χ0) is 10.6. The minimum atomic E-state index is -0.505. The van der Waals surface area contributed by atoms with Gasteiger partial charge in [-0.05, 0) is 13.0 Å². The second-order valence-corrected chi connectivity index (χ2v) is 2.71. The molecule has 0 aromatic heterocycles. The quantitative estimate of drug-likeness (QED) is 0.590. The van der Waals surface area contributed by atoms with Crippen LogP contribution in [-0.4, -0.2) is 16.6 Å². The standard InChI is InChI=1S/C9H11NO4/c1-2-14-6-7-5-8(10(12)13)3-4-9(7)11/h3-5,11H,2,6H2,1H3. The van der Waals surface area contributed by atoms with E-state index in [1.54, 1.807) is 0 Å². The summed E-state index contributed by atoms with van der Waals surface area (Å²) in [7, 11) is 0. The molecule has 0 radical (unpaired) electrons. The fourth-order valence-corrected chi connectivity index (χ4v) is 1.01. The summed E-state index contributed by atoms with van der Waals surface area (Å²) in [6.07, 6.45) is 0. The van der Waals surface area contributed by atoms with Crippen molar-refractivity contribution in [2.75, 3.05) is 6.61 Å². The number of phenolic OH excluding ortho intramolecular Hbond substituents is 1. The molecule has 0 saturated carbocycles. The summed E-state index contributed by atoms with van der Waals surface area (Å²) in [5, 5.41) is 19.8. The van der Waals surface area contributed by atoms with Crippen LogP contribution in [0.15, 0.2) is 18.2 Å². The zero-order valence-electron chi connectivity index (χ0n) is 7.77. The predicted octanol–water partition coefficient (Wildman–Crippen LogP) is 1.84. The Morgan fingerprint density at radius 2 is 2.29 bits per heavy atom. The molecule has 0 amide bonds. The van der Waals surface area contributed by atoms with Gasteiger partial charge in [0.2, 0.25) is 0 Å². The van der Waals surface area contributed by atoms with Crippen molar-refractivity contribution in [3.05, 3.63) is 33.9 Å². The molecule has 0 fully saturated rings. The van der Waals surface area contributed by atoms with E-state index in [2.05, 4.69) is 0 Å². The van der Waals surface area contributed by atoms with Gasteiger partial charge in [-0.15, -0.1) is 0 Å². The zero-order valence-corrected chi connectivity index (χ0v) is 7.77. The van der Waals surface area contributed by atoms with Crippen LogP contribution < -0.4 is 0 Å². The highest BCUT2D eigenvalue weighted by Gasteiger charge is 2.09. The molecule has 0 unspecified atom stereocenters. The van der Waals surface area contributed by atoms with Crippen molar-refractivity contribution in [3.8, 4) is 5.75 Å². The molecule has 0 saturated heterocycles. The SMILES string of the molecule is CCOCc1cc([N+](=O)[O-])ccc1O. The highest BCUT2D eigenvalue weighted by Crippen LogP contribution is 2.23. The van der Waals surface area contributed by atoms with E-state index < -0.39 is 4.92 Å². The largest absolute Gasteiger partial charge is 0.508 e. The first-order chi connectivity index (χ1) is 6.65. The van der Waals surface area contributed by atoms with E-state index >= 15 is 0 Å². The normalized spacial score (nSPS) is 10.1. The van der Waals surface area contributed by atoms with Gasteiger partial charge in [0.15, 0.2) is 0 Å². The molecule has 5 nitrogen and oxygen atoms in total. The number of nitrogens with zero attached hydrogens (tertiary/aromatic N) is 1. The van der Waals surface area contributed by atoms with Gasteiger partial charge in [0.1, 0.15) is 5.75 Å². The van der Waals surface area contributed by atoms with Crippen molar-refractivity contribution < 1.29 is 14.8 Å². The van der Waals surface area contributed by atoms with Crippen LogP contribution in [0.25, 0.3) is 0 Å². The summed E-state index contributed by atoms with van der Waals surface area (Å²) in [4.78, 5) is 9.92. The molecule has 1 aromatic carbocycles. The van der Waals surface area contributed by atoms with Crippen LogP contribution in [0.5, 0.6) is 5.75 Å². The van der Waals surface area contributed by atoms with Crippen LogP contribution >= 0.6 is 0 Å². The van der Waals surface area contributed by atoms with Crippen molar-refractivity contribution in [3.63, 3.8) is 0 Å².